The average Bonchev–Trinajstić information content (AvgIpc) is 2.99. The molecule has 0 bridgehead atoms. The summed E-state index contributed by atoms with van der Waals surface area (Å²) in [6.07, 6.45) is 2.84. The number of fused-ring (bicyclic) bond motifs is 1. The summed E-state index contributed by atoms with van der Waals surface area (Å²) in [6.45, 7) is 0. The van der Waals surface area contributed by atoms with Crippen molar-refractivity contribution in [1.82, 2.24) is 4.98 Å². The Hall–Kier alpha value is -2.45. The quantitative estimate of drug-likeness (QED) is 0.483. The van der Waals surface area contributed by atoms with Crippen LogP contribution in [0.3, 0.4) is 0 Å². The maximum Gasteiger partial charge on any atom is 0.0716 e. The molecule has 0 unspecified atom stereocenters. The molecule has 0 aliphatic rings. The van der Waals surface area contributed by atoms with Gasteiger partial charge in [0.15, 0.2) is 0 Å². The molecule has 22 heavy (non-hydrogen) atoms. The fourth-order valence-electron chi connectivity index (χ4n) is 2.72. The molecule has 2 aromatic carbocycles. The molecular weight excluding hydrogens is 286 g/mol. The van der Waals surface area contributed by atoms with Gasteiger partial charge in [0, 0.05) is 27.8 Å². The molecule has 0 spiro atoms. The van der Waals surface area contributed by atoms with Crippen LogP contribution >= 0.6 is 11.3 Å². The lowest BCUT2D eigenvalue weighted by molar-refractivity contribution is 1.24. The highest BCUT2D eigenvalue weighted by Crippen LogP contribution is 2.34. The highest BCUT2D eigenvalue weighted by atomic mass is 32.1. The van der Waals surface area contributed by atoms with Crippen LogP contribution in [0.4, 0.5) is 0 Å². The second-order valence-electron chi connectivity index (χ2n) is 5.31. The Morgan fingerprint density at radius 2 is 1.68 bits per heavy atom. The van der Waals surface area contributed by atoms with Crippen LogP contribution in [0.5, 0.6) is 0 Å². The van der Waals surface area contributed by atoms with E-state index in [0.717, 1.165) is 12.1 Å². The third kappa shape index (κ3) is 2.53. The number of pyridine rings is 1. The topological polar surface area (TPSA) is 12.9 Å². The predicted octanol–water partition coefficient (Wildman–Crippen LogP) is 5.55. The SMILES string of the molecule is c1ccc(Cc2cc3cccc(-c4ccccn4)c3s2)cc1. The van der Waals surface area contributed by atoms with Crippen molar-refractivity contribution in [2.75, 3.05) is 0 Å². The van der Waals surface area contributed by atoms with Crippen LogP contribution in [0.2, 0.25) is 0 Å². The van der Waals surface area contributed by atoms with Crippen molar-refractivity contribution >= 4 is 21.4 Å². The molecule has 0 atom stereocenters. The third-order valence-electron chi connectivity index (χ3n) is 3.76. The highest BCUT2D eigenvalue weighted by molar-refractivity contribution is 7.19. The van der Waals surface area contributed by atoms with Crippen molar-refractivity contribution in [2.24, 2.45) is 0 Å². The van der Waals surface area contributed by atoms with Crippen LogP contribution in [-0.4, -0.2) is 4.98 Å². The molecule has 0 radical (unpaired) electrons. The van der Waals surface area contributed by atoms with Crippen LogP contribution in [0, 0.1) is 0 Å². The van der Waals surface area contributed by atoms with Gasteiger partial charge in [-0.05, 0) is 29.1 Å². The standard InChI is InChI=1S/C20H15NS/c1-2-7-15(8-3-1)13-17-14-16-9-6-10-18(20(16)22-17)19-11-4-5-12-21-19/h1-12,14H,13H2. The van der Waals surface area contributed by atoms with Gasteiger partial charge in [-0.25, -0.2) is 0 Å². The number of hydrogen-bond acceptors (Lipinski definition) is 2. The highest BCUT2D eigenvalue weighted by Gasteiger charge is 2.09. The monoisotopic (exact) mass is 301 g/mol. The molecule has 0 fully saturated rings. The van der Waals surface area contributed by atoms with E-state index >= 15 is 0 Å². The zero-order valence-corrected chi connectivity index (χ0v) is 12.9. The van der Waals surface area contributed by atoms with E-state index in [4.69, 9.17) is 0 Å². The maximum atomic E-state index is 4.50. The van der Waals surface area contributed by atoms with Crippen LogP contribution in [0.1, 0.15) is 10.4 Å². The maximum absolute atomic E-state index is 4.50. The Labute approximate surface area is 133 Å². The van der Waals surface area contributed by atoms with Gasteiger partial charge in [-0.3, -0.25) is 4.98 Å². The summed E-state index contributed by atoms with van der Waals surface area (Å²) in [5, 5.41) is 1.30. The van der Waals surface area contributed by atoms with Gasteiger partial charge in [0.1, 0.15) is 0 Å². The molecule has 2 aromatic heterocycles. The molecule has 0 aliphatic heterocycles. The van der Waals surface area contributed by atoms with Gasteiger partial charge < -0.3 is 0 Å². The van der Waals surface area contributed by atoms with Crippen molar-refractivity contribution in [3.63, 3.8) is 0 Å². The Morgan fingerprint density at radius 3 is 2.50 bits per heavy atom. The normalized spacial score (nSPS) is 10.9. The first-order chi connectivity index (χ1) is 10.9. The number of thiophene rings is 1. The molecular formula is C20H15NS. The average molecular weight is 301 g/mol. The summed E-state index contributed by atoms with van der Waals surface area (Å²) in [5.74, 6) is 0. The molecule has 0 saturated heterocycles. The third-order valence-corrected chi connectivity index (χ3v) is 4.94. The first kappa shape index (κ1) is 13.2. The molecule has 4 aromatic rings. The Bertz CT molecular complexity index is 895. The van der Waals surface area contributed by atoms with Gasteiger partial charge in [0.2, 0.25) is 0 Å². The molecule has 2 heterocycles. The predicted molar refractivity (Wildman–Crippen MR) is 94.3 cm³/mol. The molecule has 0 aliphatic carbocycles. The van der Waals surface area contributed by atoms with Gasteiger partial charge >= 0.3 is 0 Å². The fourth-order valence-corrected chi connectivity index (χ4v) is 3.94. The van der Waals surface area contributed by atoms with E-state index in [9.17, 15) is 0 Å². The van der Waals surface area contributed by atoms with Crippen molar-refractivity contribution in [3.8, 4) is 11.3 Å². The molecule has 2 heteroatoms. The van der Waals surface area contributed by atoms with E-state index in [1.807, 2.05) is 29.7 Å². The van der Waals surface area contributed by atoms with Crippen molar-refractivity contribution in [1.29, 1.82) is 0 Å². The summed E-state index contributed by atoms with van der Waals surface area (Å²) in [4.78, 5) is 5.89. The lowest BCUT2D eigenvalue weighted by atomic mass is 10.1. The first-order valence-electron chi connectivity index (χ1n) is 7.37. The van der Waals surface area contributed by atoms with E-state index in [0.29, 0.717) is 0 Å². The zero-order chi connectivity index (χ0) is 14.8. The minimum Gasteiger partial charge on any atom is -0.256 e. The van der Waals surface area contributed by atoms with Crippen molar-refractivity contribution in [2.45, 2.75) is 6.42 Å². The zero-order valence-electron chi connectivity index (χ0n) is 12.1. The number of nitrogens with zero attached hydrogens (tertiary/aromatic N) is 1. The number of aromatic nitrogens is 1. The van der Waals surface area contributed by atoms with Gasteiger partial charge in [-0.2, -0.15) is 0 Å². The Morgan fingerprint density at radius 1 is 0.818 bits per heavy atom. The second-order valence-corrected chi connectivity index (χ2v) is 6.45. The Kier molecular flexibility index (Phi) is 3.45. The van der Waals surface area contributed by atoms with Crippen LogP contribution < -0.4 is 0 Å². The van der Waals surface area contributed by atoms with E-state index in [1.54, 1.807) is 0 Å². The summed E-state index contributed by atoms with van der Waals surface area (Å²) in [5.41, 5.74) is 3.62. The van der Waals surface area contributed by atoms with Crippen molar-refractivity contribution < 1.29 is 0 Å². The van der Waals surface area contributed by atoms with E-state index < -0.39 is 0 Å². The fraction of sp³-hybridized carbons (Fsp3) is 0.0500. The molecule has 106 valence electrons. The van der Waals surface area contributed by atoms with Gasteiger partial charge in [0.05, 0.1) is 5.69 Å². The minimum absolute atomic E-state index is 0.988. The van der Waals surface area contributed by atoms with E-state index in [2.05, 4.69) is 65.6 Å². The lowest BCUT2D eigenvalue weighted by Gasteiger charge is -2.01. The largest absolute Gasteiger partial charge is 0.256 e. The van der Waals surface area contributed by atoms with Crippen LogP contribution in [0.15, 0.2) is 79.0 Å². The van der Waals surface area contributed by atoms with Crippen LogP contribution in [0.25, 0.3) is 21.3 Å². The summed E-state index contributed by atoms with van der Waals surface area (Å²) >= 11 is 1.87. The second kappa shape index (κ2) is 5.74. The lowest BCUT2D eigenvalue weighted by Crippen LogP contribution is -1.82. The number of rotatable bonds is 3. The molecule has 4 rings (SSSR count). The summed E-state index contributed by atoms with van der Waals surface area (Å²) < 4.78 is 1.33. The molecule has 1 nitrogen and oxygen atoms in total. The Balaban J connectivity index is 1.78. The van der Waals surface area contributed by atoms with Gasteiger partial charge in [-0.15, -0.1) is 11.3 Å². The number of benzene rings is 2. The van der Waals surface area contributed by atoms with E-state index in [1.165, 1.54) is 26.1 Å². The minimum atomic E-state index is 0.988. The molecule has 0 N–H and O–H groups in total. The van der Waals surface area contributed by atoms with Gasteiger partial charge in [-0.1, -0.05) is 54.6 Å². The first-order valence-corrected chi connectivity index (χ1v) is 8.18. The summed E-state index contributed by atoms with van der Waals surface area (Å²) in [6, 6.07) is 25.5. The van der Waals surface area contributed by atoms with Gasteiger partial charge in [0.25, 0.3) is 0 Å². The molecule has 0 saturated carbocycles. The van der Waals surface area contributed by atoms with E-state index in [-0.39, 0.29) is 0 Å². The summed E-state index contributed by atoms with van der Waals surface area (Å²) in [7, 11) is 0. The van der Waals surface area contributed by atoms with Crippen LogP contribution in [-0.2, 0) is 6.42 Å². The smallest absolute Gasteiger partial charge is 0.0716 e. The number of hydrogen-bond donors (Lipinski definition) is 0. The molecule has 0 amide bonds. The van der Waals surface area contributed by atoms with Crippen molar-refractivity contribution in [3.05, 3.63) is 89.4 Å².